The highest BCUT2D eigenvalue weighted by Crippen LogP contribution is 2.43. The number of aromatic carboxylic acids is 1. The standard InChI is InChI=1S/C14H11FN2O3S/c15-9-3-1-2-8(6-9)12(18)17-14-16-10(7-4-5-7)11(21-14)13(19)20/h1-3,6-7H,4-5H2,(H,19,20)(H,16,17,18). The number of nitrogens with zero attached hydrogens (tertiary/aromatic N) is 1. The fraction of sp³-hybridized carbons (Fsp3) is 0.214. The van der Waals surface area contributed by atoms with Crippen LogP contribution in [0.4, 0.5) is 9.52 Å². The molecule has 1 aliphatic carbocycles. The van der Waals surface area contributed by atoms with Crippen LogP contribution in [0, 0.1) is 5.82 Å². The van der Waals surface area contributed by atoms with Crippen molar-refractivity contribution in [3.63, 3.8) is 0 Å². The molecule has 0 radical (unpaired) electrons. The lowest BCUT2D eigenvalue weighted by molar-refractivity contribution is 0.0700. The normalized spacial score (nSPS) is 14.0. The Kier molecular flexibility index (Phi) is 3.42. The third-order valence-corrected chi connectivity index (χ3v) is 4.09. The summed E-state index contributed by atoms with van der Waals surface area (Å²) in [6, 6.07) is 5.27. The number of hydrogen-bond acceptors (Lipinski definition) is 4. The summed E-state index contributed by atoms with van der Waals surface area (Å²) in [6.45, 7) is 0. The molecule has 0 atom stereocenters. The number of hydrogen-bond donors (Lipinski definition) is 2. The second kappa shape index (κ2) is 5.25. The van der Waals surface area contributed by atoms with Crippen LogP contribution in [0.15, 0.2) is 24.3 Å². The van der Waals surface area contributed by atoms with Crippen LogP contribution in [-0.2, 0) is 0 Å². The van der Waals surface area contributed by atoms with Crippen LogP contribution < -0.4 is 5.32 Å². The molecule has 3 rings (SSSR count). The zero-order chi connectivity index (χ0) is 15.0. The smallest absolute Gasteiger partial charge is 0.347 e. The van der Waals surface area contributed by atoms with Crippen molar-refractivity contribution in [2.45, 2.75) is 18.8 Å². The van der Waals surface area contributed by atoms with Crippen LogP contribution in [0.1, 0.15) is 44.5 Å². The van der Waals surface area contributed by atoms with Crippen LogP contribution in [0.5, 0.6) is 0 Å². The van der Waals surface area contributed by atoms with Gasteiger partial charge < -0.3 is 5.11 Å². The topological polar surface area (TPSA) is 79.3 Å². The third-order valence-electron chi connectivity index (χ3n) is 3.12. The van der Waals surface area contributed by atoms with E-state index in [4.69, 9.17) is 5.11 Å². The summed E-state index contributed by atoms with van der Waals surface area (Å²) >= 11 is 0.927. The molecule has 2 aromatic rings. The number of aromatic nitrogens is 1. The van der Waals surface area contributed by atoms with Crippen molar-refractivity contribution in [3.05, 3.63) is 46.2 Å². The Hall–Kier alpha value is -2.28. The van der Waals surface area contributed by atoms with Crippen molar-refractivity contribution in [2.24, 2.45) is 0 Å². The minimum atomic E-state index is -1.04. The van der Waals surface area contributed by atoms with Crippen molar-refractivity contribution in [1.29, 1.82) is 0 Å². The monoisotopic (exact) mass is 306 g/mol. The maximum Gasteiger partial charge on any atom is 0.347 e. The molecular weight excluding hydrogens is 295 g/mol. The molecule has 1 aliphatic rings. The number of halogens is 1. The number of carbonyl (C=O) groups is 2. The van der Waals surface area contributed by atoms with Crippen LogP contribution in [0.3, 0.4) is 0 Å². The Morgan fingerprint density at radius 3 is 2.76 bits per heavy atom. The third kappa shape index (κ3) is 2.92. The van der Waals surface area contributed by atoms with E-state index in [0.717, 1.165) is 30.2 Å². The molecule has 1 amide bonds. The molecule has 1 saturated carbocycles. The maximum atomic E-state index is 13.1. The van der Waals surface area contributed by atoms with Gasteiger partial charge in [0.05, 0.1) is 5.69 Å². The number of rotatable bonds is 4. The van der Waals surface area contributed by atoms with E-state index in [1.165, 1.54) is 18.2 Å². The number of anilines is 1. The van der Waals surface area contributed by atoms with Gasteiger partial charge >= 0.3 is 5.97 Å². The molecule has 0 unspecified atom stereocenters. The van der Waals surface area contributed by atoms with Crippen LogP contribution in [0.2, 0.25) is 0 Å². The number of amides is 1. The Labute approximate surface area is 123 Å². The average Bonchev–Trinajstić information content (AvgIpc) is 3.20. The predicted octanol–water partition coefficient (Wildman–Crippen LogP) is 3.11. The van der Waals surface area contributed by atoms with Gasteiger partial charge in [-0.05, 0) is 31.0 Å². The minimum Gasteiger partial charge on any atom is -0.477 e. The highest BCUT2D eigenvalue weighted by atomic mass is 32.1. The van der Waals surface area contributed by atoms with Gasteiger partial charge in [-0.3, -0.25) is 10.1 Å². The first-order valence-corrected chi connectivity index (χ1v) is 7.17. The molecule has 1 fully saturated rings. The molecular formula is C14H11FN2O3S. The van der Waals surface area contributed by atoms with Gasteiger partial charge in [0.25, 0.3) is 5.91 Å². The summed E-state index contributed by atoms with van der Waals surface area (Å²) in [4.78, 5) is 27.5. The molecule has 0 saturated heterocycles. The Morgan fingerprint density at radius 2 is 2.14 bits per heavy atom. The molecule has 108 valence electrons. The summed E-state index contributed by atoms with van der Waals surface area (Å²) in [7, 11) is 0. The van der Waals surface area contributed by atoms with Crippen molar-refractivity contribution in [2.75, 3.05) is 5.32 Å². The van der Waals surface area contributed by atoms with Crippen LogP contribution in [-0.4, -0.2) is 22.0 Å². The van der Waals surface area contributed by atoms with Crippen LogP contribution in [0.25, 0.3) is 0 Å². The summed E-state index contributed by atoms with van der Waals surface area (Å²) in [5.41, 5.74) is 0.692. The van der Waals surface area contributed by atoms with E-state index >= 15 is 0 Å². The van der Waals surface area contributed by atoms with Crippen molar-refractivity contribution >= 4 is 28.3 Å². The first kappa shape index (κ1) is 13.7. The second-order valence-corrected chi connectivity index (χ2v) is 5.78. The Bertz CT molecular complexity index is 725. The van der Waals surface area contributed by atoms with E-state index < -0.39 is 17.7 Å². The van der Waals surface area contributed by atoms with Crippen LogP contribution >= 0.6 is 11.3 Å². The lowest BCUT2D eigenvalue weighted by Gasteiger charge is -2.01. The number of carboxylic acid groups (broad SMARTS) is 1. The molecule has 0 aliphatic heterocycles. The van der Waals surface area contributed by atoms with Gasteiger partial charge in [-0.15, -0.1) is 0 Å². The van der Waals surface area contributed by atoms with Crippen molar-refractivity contribution in [3.8, 4) is 0 Å². The summed E-state index contributed by atoms with van der Waals surface area (Å²) in [5.74, 6) is -1.89. The van der Waals surface area contributed by atoms with Gasteiger partial charge in [-0.2, -0.15) is 0 Å². The zero-order valence-electron chi connectivity index (χ0n) is 10.8. The summed E-state index contributed by atoms with van der Waals surface area (Å²) in [6.07, 6.45) is 1.84. The fourth-order valence-corrected chi connectivity index (χ4v) is 2.86. The summed E-state index contributed by atoms with van der Waals surface area (Å²) < 4.78 is 13.1. The van der Waals surface area contributed by atoms with Gasteiger partial charge in [0.2, 0.25) is 0 Å². The molecule has 1 heterocycles. The molecule has 1 aromatic heterocycles. The highest BCUT2D eigenvalue weighted by molar-refractivity contribution is 7.17. The van der Waals surface area contributed by atoms with Gasteiger partial charge in [0.1, 0.15) is 10.7 Å². The van der Waals surface area contributed by atoms with E-state index in [1.807, 2.05) is 0 Å². The number of nitrogens with one attached hydrogen (secondary N) is 1. The lowest BCUT2D eigenvalue weighted by Crippen LogP contribution is -2.11. The molecule has 0 spiro atoms. The quantitative estimate of drug-likeness (QED) is 0.909. The predicted molar refractivity (Wildman–Crippen MR) is 75.4 cm³/mol. The molecule has 0 bridgehead atoms. The number of carbonyl (C=O) groups excluding carboxylic acids is 1. The molecule has 1 aromatic carbocycles. The Morgan fingerprint density at radius 1 is 1.38 bits per heavy atom. The van der Waals surface area contributed by atoms with Gasteiger partial charge in [0, 0.05) is 11.5 Å². The fourth-order valence-electron chi connectivity index (χ4n) is 1.97. The largest absolute Gasteiger partial charge is 0.477 e. The SMILES string of the molecule is O=C(Nc1nc(C2CC2)c(C(=O)O)s1)c1cccc(F)c1. The number of thiazole rings is 1. The van der Waals surface area contributed by atoms with Crippen molar-refractivity contribution < 1.29 is 19.1 Å². The second-order valence-electron chi connectivity index (χ2n) is 4.78. The van der Waals surface area contributed by atoms with E-state index in [-0.39, 0.29) is 21.5 Å². The highest BCUT2D eigenvalue weighted by Gasteiger charge is 2.32. The van der Waals surface area contributed by atoms with E-state index in [2.05, 4.69) is 10.3 Å². The number of benzene rings is 1. The summed E-state index contributed by atoms with van der Waals surface area (Å²) in [5, 5.41) is 11.9. The minimum absolute atomic E-state index is 0.159. The first-order chi connectivity index (χ1) is 10.0. The maximum absolute atomic E-state index is 13.1. The van der Waals surface area contributed by atoms with Gasteiger partial charge in [-0.1, -0.05) is 17.4 Å². The molecule has 2 N–H and O–H groups in total. The first-order valence-electron chi connectivity index (χ1n) is 6.35. The number of carboxylic acids is 1. The van der Waals surface area contributed by atoms with Gasteiger partial charge in [0.15, 0.2) is 5.13 Å². The molecule has 21 heavy (non-hydrogen) atoms. The van der Waals surface area contributed by atoms with E-state index in [1.54, 1.807) is 0 Å². The Balaban J connectivity index is 1.83. The van der Waals surface area contributed by atoms with E-state index in [9.17, 15) is 14.0 Å². The van der Waals surface area contributed by atoms with Gasteiger partial charge in [-0.25, -0.2) is 14.2 Å². The molecule has 5 nitrogen and oxygen atoms in total. The molecule has 7 heteroatoms. The lowest BCUT2D eigenvalue weighted by atomic mass is 10.2. The van der Waals surface area contributed by atoms with Crippen molar-refractivity contribution in [1.82, 2.24) is 4.98 Å². The zero-order valence-corrected chi connectivity index (χ0v) is 11.6. The average molecular weight is 306 g/mol. The van der Waals surface area contributed by atoms with E-state index in [0.29, 0.717) is 5.69 Å².